The van der Waals surface area contributed by atoms with Crippen LogP contribution in [-0.4, -0.2) is 16.9 Å². The van der Waals surface area contributed by atoms with Gasteiger partial charge < -0.3 is 4.90 Å². The lowest BCUT2D eigenvalue weighted by Gasteiger charge is -2.32. The molecule has 2 heterocycles. The molecule has 4 aromatic rings. The van der Waals surface area contributed by atoms with Crippen LogP contribution in [0.2, 0.25) is 0 Å². The maximum atomic E-state index is 15.9. The second kappa shape index (κ2) is 9.96. The standard InChI is InChI=1S/C30H24BF10N3/c1-29(2,3)14-12-15(30(4,5)6)44-31(16-18(32)22(36)26(40)23(37)19(16)33,17-20(34)24(38)27(41)25(39)21(17)35)42-28(43(14)44)13-10-8-7-9-11-13/h7-12H,1-6H3. The van der Waals surface area contributed by atoms with E-state index in [4.69, 9.17) is 0 Å². The van der Waals surface area contributed by atoms with Crippen LogP contribution in [0.3, 0.4) is 0 Å². The lowest BCUT2D eigenvalue weighted by molar-refractivity contribution is -0.629. The Balaban J connectivity index is 2.21. The molecule has 1 aromatic heterocycles. The minimum absolute atomic E-state index is 0.0232. The van der Waals surface area contributed by atoms with Crippen molar-refractivity contribution >= 4 is 23.2 Å². The third-order valence-corrected chi connectivity index (χ3v) is 7.69. The summed E-state index contributed by atoms with van der Waals surface area (Å²) in [5.41, 5.74) is -5.39. The zero-order chi connectivity index (χ0) is 32.8. The molecule has 0 N–H and O–H groups in total. The van der Waals surface area contributed by atoms with Crippen LogP contribution in [0.5, 0.6) is 0 Å². The molecule has 0 saturated heterocycles. The van der Waals surface area contributed by atoms with Gasteiger partial charge in [0.2, 0.25) is 0 Å². The molecule has 232 valence electrons. The van der Waals surface area contributed by atoms with Crippen LogP contribution in [0.25, 0.3) is 0 Å². The van der Waals surface area contributed by atoms with E-state index >= 15 is 17.6 Å². The normalized spacial score (nSPS) is 14.7. The van der Waals surface area contributed by atoms with Gasteiger partial charge in [-0.25, -0.2) is 43.9 Å². The first-order valence-electron chi connectivity index (χ1n) is 13.3. The lowest BCUT2D eigenvalue weighted by Crippen LogP contribution is -2.82. The fourth-order valence-electron chi connectivity index (χ4n) is 5.70. The van der Waals surface area contributed by atoms with Crippen molar-refractivity contribution in [3.8, 4) is 0 Å². The molecule has 0 amide bonds. The summed E-state index contributed by atoms with van der Waals surface area (Å²) in [4.78, 5) is 4.31. The van der Waals surface area contributed by atoms with Crippen molar-refractivity contribution in [1.29, 1.82) is 0 Å². The van der Waals surface area contributed by atoms with Crippen LogP contribution in [0.1, 0.15) is 58.5 Å². The number of halogens is 10. The van der Waals surface area contributed by atoms with Crippen LogP contribution in [0.15, 0.2) is 41.3 Å². The van der Waals surface area contributed by atoms with Crippen LogP contribution in [0, 0.1) is 58.2 Å². The van der Waals surface area contributed by atoms with E-state index in [1.807, 2.05) is 0 Å². The van der Waals surface area contributed by atoms with Crippen molar-refractivity contribution in [2.45, 2.75) is 52.4 Å². The van der Waals surface area contributed by atoms with Crippen LogP contribution < -0.4 is 15.5 Å². The van der Waals surface area contributed by atoms with Gasteiger partial charge in [-0.15, -0.1) is 0 Å². The van der Waals surface area contributed by atoms with E-state index in [1.165, 1.54) is 35.0 Å². The van der Waals surface area contributed by atoms with E-state index in [-0.39, 0.29) is 22.8 Å². The molecule has 0 fully saturated rings. The summed E-state index contributed by atoms with van der Waals surface area (Å²) in [5.74, 6) is -25.7. The zero-order valence-corrected chi connectivity index (χ0v) is 24.2. The first kappa shape index (κ1) is 31.3. The Morgan fingerprint density at radius 3 is 1.32 bits per heavy atom. The van der Waals surface area contributed by atoms with E-state index in [0.29, 0.717) is 0 Å². The number of nitrogens with zero attached hydrogens (tertiary/aromatic N) is 3. The van der Waals surface area contributed by atoms with Gasteiger partial charge in [0.1, 0.15) is 23.3 Å². The van der Waals surface area contributed by atoms with E-state index in [2.05, 4.69) is 4.90 Å². The van der Waals surface area contributed by atoms with Gasteiger partial charge in [-0.1, -0.05) is 71.9 Å². The fraction of sp³-hybridized carbons (Fsp3) is 0.267. The van der Waals surface area contributed by atoms with Crippen molar-refractivity contribution in [3.05, 3.63) is 112 Å². The quantitative estimate of drug-likeness (QED) is 0.112. The molecule has 0 unspecified atom stereocenters. The largest absolute Gasteiger partial charge is 0.480 e. The summed E-state index contributed by atoms with van der Waals surface area (Å²) < 4.78 is 154. The highest BCUT2D eigenvalue weighted by Gasteiger charge is 2.60. The highest BCUT2D eigenvalue weighted by molar-refractivity contribution is 6.96. The monoisotopic (exact) mass is 627 g/mol. The molecule has 44 heavy (non-hydrogen) atoms. The zero-order valence-electron chi connectivity index (χ0n) is 24.2. The summed E-state index contributed by atoms with van der Waals surface area (Å²) in [7, 11) is 0. The Morgan fingerprint density at radius 1 is 0.568 bits per heavy atom. The van der Waals surface area contributed by atoms with Crippen molar-refractivity contribution in [2.75, 3.05) is 0 Å². The number of hydrogen-bond donors (Lipinski definition) is 0. The van der Waals surface area contributed by atoms with Crippen molar-refractivity contribution in [3.63, 3.8) is 0 Å². The Morgan fingerprint density at radius 2 is 0.955 bits per heavy atom. The number of benzene rings is 3. The molecule has 0 saturated carbocycles. The highest BCUT2D eigenvalue weighted by atomic mass is 19.2. The summed E-state index contributed by atoms with van der Waals surface area (Å²) in [6.07, 6.45) is -4.65. The first-order valence-corrected chi connectivity index (χ1v) is 13.3. The molecule has 3 nitrogen and oxygen atoms in total. The van der Waals surface area contributed by atoms with Crippen molar-refractivity contribution in [1.82, 2.24) is 4.68 Å². The van der Waals surface area contributed by atoms with Crippen molar-refractivity contribution < 1.29 is 48.5 Å². The molecule has 0 bridgehead atoms. The van der Waals surface area contributed by atoms with Crippen LogP contribution >= 0.6 is 0 Å². The molecule has 0 spiro atoms. The Bertz CT molecular complexity index is 1760. The molecule has 0 aliphatic carbocycles. The molecule has 5 rings (SSSR count). The summed E-state index contributed by atoms with van der Waals surface area (Å²) in [6.45, 7) is 9.82. The molecule has 14 heteroatoms. The summed E-state index contributed by atoms with van der Waals surface area (Å²) in [6, 6.07) is 8.96. The maximum Gasteiger partial charge on any atom is 0.480 e. The van der Waals surface area contributed by atoms with Crippen LogP contribution in [0.4, 0.5) is 43.9 Å². The SMILES string of the molecule is CC(C)(C)c1cc(C(C)(C)C)[n+]2n1C(c1ccccc1)=N[B-]2(c1c(F)c(F)c(F)c(F)c1F)c1c(F)c(F)c(F)c(F)c1F. The summed E-state index contributed by atoms with van der Waals surface area (Å²) in [5, 5.41) is 0. The molecular weight excluding hydrogens is 603 g/mol. The van der Waals surface area contributed by atoms with Gasteiger partial charge in [0.05, 0.1) is 5.69 Å². The van der Waals surface area contributed by atoms with Gasteiger partial charge in [0.25, 0.3) is 0 Å². The van der Waals surface area contributed by atoms with Crippen molar-refractivity contribution in [2.24, 2.45) is 4.90 Å². The van der Waals surface area contributed by atoms with Crippen LogP contribution in [-0.2, 0) is 10.8 Å². The van der Waals surface area contributed by atoms with E-state index in [9.17, 15) is 26.3 Å². The number of rotatable bonds is 3. The molecule has 3 aromatic carbocycles. The predicted molar refractivity (Wildman–Crippen MR) is 143 cm³/mol. The number of fused-ring (bicyclic) bond motifs is 1. The van der Waals surface area contributed by atoms with Gasteiger partial charge in [-0.2, -0.15) is 4.68 Å². The smallest absolute Gasteiger partial charge is 0.397 e. The van der Waals surface area contributed by atoms with Gasteiger partial charge in [0, 0.05) is 22.5 Å². The van der Waals surface area contributed by atoms with Gasteiger partial charge in [-0.05, 0) is 10.9 Å². The average Bonchev–Trinajstić information content (AvgIpc) is 3.52. The Labute approximate surface area is 245 Å². The van der Waals surface area contributed by atoms with E-state index in [0.717, 1.165) is 4.59 Å². The van der Waals surface area contributed by atoms with Gasteiger partial charge >= 0.3 is 6.42 Å². The van der Waals surface area contributed by atoms with Gasteiger partial charge in [-0.3, -0.25) is 4.59 Å². The minimum atomic E-state index is -4.65. The molecule has 1 aliphatic heterocycles. The average molecular weight is 627 g/mol. The third kappa shape index (κ3) is 4.20. The van der Waals surface area contributed by atoms with E-state index < -0.39 is 86.3 Å². The topological polar surface area (TPSA) is 21.2 Å². The van der Waals surface area contributed by atoms with E-state index in [1.54, 1.807) is 47.6 Å². The molecule has 0 atom stereocenters. The molecule has 1 aliphatic rings. The highest BCUT2D eigenvalue weighted by Crippen LogP contribution is 2.34. The fourth-order valence-corrected chi connectivity index (χ4v) is 5.70. The third-order valence-electron chi connectivity index (χ3n) is 7.69. The Hall–Kier alpha value is -4.10. The second-order valence-corrected chi connectivity index (χ2v) is 12.6. The minimum Gasteiger partial charge on any atom is -0.397 e. The van der Waals surface area contributed by atoms with Gasteiger partial charge in [0.15, 0.2) is 46.4 Å². The lowest BCUT2D eigenvalue weighted by atomic mass is 9.37. The number of hydrogen-bond acceptors (Lipinski definition) is 1. The molecule has 0 radical (unpaired) electrons. The Kier molecular flexibility index (Phi) is 7.09. The maximum absolute atomic E-state index is 15.9. The first-order chi connectivity index (χ1) is 20.3. The molecular formula is C30H24BF10N3. The second-order valence-electron chi connectivity index (χ2n) is 12.6. The summed E-state index contributed by atoms with van der Waals surface area (Å²) >= 11 is 0. The predicted octanol–water partition coefficient (Wildman–Crippen LogP) is 6.17. The number of aromatic nitrogens is 2.